The van der Waals surface area contributed by atoms with Crippen LogP contribution in [0.5, 0.6) is 0 Å². The summed E-state index contributed by atoms with van der Waals surface area (Å²) in [4.78, 5) is 0. The molecule has 2 N–H and O–H groups in total. The zero-order valence-electron chi connectivity index (χ0n) is 7.79. The van der Waals surface area contributed by atoms with Gasteiger partial charge < -0.3 is 5.73 Å². The Bertz CT molecular complexity index is 328. The maximum Gasteiger partial charge on any atom is 0.0303 e. The van der Waals surface area contributed by atoms with Crippen LogP contribution in [0, 0.1) is 0 Å². The van der Waals surface area contributed by atoms with Gasteiger partial charge in [-0.15, -0.1) is 0 Å². The highest BCUT2D eigenvalue weighted by molar-refractivity contribution is 5.56. The molecule has 0 unspecified atom stereocenters. The Morgan fingerprint density at radius 2 is 2.31 bits per heavy atom. The van der Waals surface area contributed by atoms with Crippen LogP contribution >= 0.6 is 0 Å². The van der Waals surface area contributed by atoms with Crippen molar-refractivity contribution < 1.29 is 0 Å². The molecule has 0 heterocycles. The van der Waals surface area contributed by atoms with Crippen molar-refractivity contribution >= 4 is 6.08 Å². The predicted octanol–water partition coefficient (Wildman–Crippen LogP) is 2.67. The smallest absolute Gasteiger partial charge is 0.0303 e. The molecule has 0 aromatic heterocycles. The van der Waals surface area contributed by atoms with Crippen molar-refractivity contribution in [3.05, 3.63) is 41.5 Å². The fourth-order valence-corrected chi connectivity index (χ4v) is 2.14. The molecule has 0 spiro atoms. The van der Waals surface area contributed by atoms with Crippen LogP contribution in [0.3, 0.4) is 0 Å². The predicted molar refractivity (Wildman–Crippen MR) is 56.4 cm³/mol. The number of benzene rings is 1. The Morgan fingerprint density at radius 3 is 3.08 bits per heavy atom. The van der Waals surface area contributed by atoms with E-state index in [0.717, 1.165) is 6.42 Å². The topological polar surface area (TPSA) is 26.0 Å². The Morgan fingerprint density at radius 1 is 1.46 bits per heavy atom. The maximum absolute atomic E-state index is 6.07. The minimum Gasteiger partial charge on any atom is -0.324 e. The molecule has 68 valence electrons. The summed E-state index contributed by atoms with van der Waals surface area (Å²) in [6, 6.07) is 6.59. The monoisotopic (exact) mass is 173 g/mol. The normalized spacial score (nSPS) is 20.8. The van der Waals surface area contributed by atoms with Crippen molar-refractivity contribution in [3.8, 4) is 0 Å². The van der Waals surface area contributed by atoms with E-state index in [2.05, 4.69) is 24.8 Å². The van der Waals surface area contributed by atoms with Gasteiger partial charge in [0.25, 0.3) is 0 Å². The molecule has 0 bridgehead atoms. The van der Waals surface area contributed by atoms with Crippen molar-refractivity contribution in [2.45, 2.75) is 25.3 Å². The van der Waals surface area contributed by atoms with Crippen LogP contribution in [0.25, 0.3) is 6.08 Å². The Hall–Kier alpha value is -1.08. The molecule has 0 saturated heterocycles. The molecule has 1 aliphatic carbocycles. The van der Waals surface area contributed by atoms with Gasteiger partial charge in [0, 0.05) is 6.04 Å². The largest absolute Gasteiger partial charge is 0.324 e. The van der Waals surface area contributed by atoms with E-state index in [1.165, 1.54) is 29.5 Å². The molecule has 0 saturated carbocycles. The second-order valence-electron chi connectivity index (χ2n) is 3.62. The molecular weight excluding hydrogens is 158 g/mol. The summed E-state index contributed by atoms with van der Waals surface area (Å²) in [6.07, 6.45) is 5.40. The van der Waals surface area contributed by atoms with Gasteiger partial charge in [0.05, 0.1) is 0 Å². The Balaban J connectivity index is 2.56. The van der Waals surface area contributed by atoms with E-state index >= 15 is 0 Å². The van der Waals surface area contributed by atoms with E-state index < -0.39 is 0 Å². The number of nitrogens with two attached hydrogens (primary N) is 1. The van der Waals surface area contributed by atoms with Crippen LogP contribution < -0.4 is 5.73 Å². The van der Waals surface area contributed by atoms with E-state index in [0.29, 0.717) is 0 Å². The number of hydrogen-bond acceptors (Lipinski definition) is 1. The van der Waals surface area contributed by atoms with Crippen LogP contribution in [0.2, 0.25) is 0 Å². The summed E-state index contributed by atoms with van der Waals surface area (Å²) in [5.74, 6) is 0. The Kier molecular flexibility index (Phi) is 2.19. The first-order valence-electron chi connectivity index (χ1n) is 4.82. The van der Waals surface area contributed by atoms with Gasteiger partial charge in [-0.05, 0) is 36.0 Å². The molecule has 1 heteroatoms. The van der Waals surface area contributed by atoms with Crippen LogP contribution in [-0.4, -0.2) is 0 Å². The van der Waals surface area contributed by atoms with Gasteiger partial charge in [0.2, 0.25) is 0 Å². The van der Waals surface area contributed by atoms with E-state index in [-0.39, 0.29) is 6.04 Å². The molecule has 0 aliphatic heterocycles. The summed E-state index contributed by atoms with van der Waals surface area (Å²) in [7, 11) is 0. The van der Waals surface area contributed by atoms with Crippen molar-refractivity contribution in [1.82, 2.24) is 0 Å². The number of fused-ring (bicyclic) bond motifs is 1. The second-order valence-corrected chi connectivity index (χ2v) is 3.62. The first kappa shape index (κ1) is 8.52. The average molecular weight is 173 g/mol. The molecule has 0 amide bonds. The lowest BCUT2D eigenvalue weighted by atomic mass is 9.85. The molecule has 1 aromatic rings. The van der Waals surface area contributed by atoms with Gasteiger partial charge in [0.1, 0.15) is 0 Å². The van der Waals surface area contributed by atoms with Crippen molar-refractivity contribution in [2.24, 2.45) is 5.73 Å². The summed E-state index contributed by atoms with van der Waals surface area (Å²) >= 11 is 0. The van der Waals surface area contributed by atoms with Gasteiger partial charge in [0.15, 0.2) is 0 Å². The molecule has 1 atom stereocenters. The number of rotatable bonds is 1. The lowest BCUT2D eigenvalue weighted by Crippen LogP contribution is -2.18. The standard InChI is InChI=1S/C12H15N/c1-2-9-5-3-6-10-7-4-8-11(13)12(9)10/h2-3,5-6,11H,1,4,7-8,13H2/t11-/m0/s1. The summed E-state index contributed by atoms with van der Waals surface area (Å²) in [5.41, 5.74) is 10.0. The van der Waals surface area contributed by atoms with E-state index in [1.54, 1.807) is 0 Å². The van der Waals surface area contributed by atoms with Crippen LogP contribution in [0.1, 0.15) is 35.6 Å². The van der Waals surface area contributed by atoms with E-state index in [9.17, 15) is 0 Å². The molecule has 0 fully saturated rings. The maximum atomic E-state index is 6.07. The van der Waals surface area contributed by atoms with Crippen LogP contribution in [-0.2, 0) is 6.42 Å². The number of hydrogen-bond donors (Lipinski definition) is 1. The van der Waals surface area contributed by atoms with Crippen molar-refractivity contribution in [3.63, 3.8) is 0 Å². The summed E-state index contributed by atoms with van der Waals surface area (Å²) < 4.78 is 0. The molecule has 1 aromatic carbocycles. The first-order chi connectivity index (χ1) is 6.33. The number of aryl methyl sites for hydroxylation is 1. The van der Waals surface area contributed by atoms with Crippen LogP contribution in [0.15, 0.2) is 24.8 Å². The summed E-state index contributed by atoms with van der Waals surface area (Å²) in [5, 5.41) is 0. The highest BCUT2D eigenvalue weighted by Gasteiger charge is 2.18. The molecule has 0 radical (unpaired) electrons. The zero-order chi connectivity index (χ0) is 9.26. The zero-order valence-corrected chi connectivity index (χ0v) is 7.79. The SMILES string of the molecule is C=Cc1cccc2c1[C@@H](N)CCC2. The van der Waals surface area contributed by atoms with Crippen LogP contribution in [0.4, 0.5) is 0 Å². The molecule has 1 nitrogen and oxygen atoms in total. The highest BCUT2D eigenvalue weighted by Crippen LogP contribution is 2.30. The lowest BCUT2D eigenvalue weighted by molar-refractivity contribution is 0.569. The highest BCUT2D eigenvalue weighted by atomic mass is 14.6. The first-order valence-corrected chi connectivity index (χ1v) is 4.82. The van der Waals surface area contributed by atoms with Gasteiger partial charge in [-0.25, -0.2) is 0 Å². The lowest BCUT2D eigenvalue weighted by Gasteiger charge is -2.24. The van der Waals surface area contributed by atoms with Gasteiger partial charge in [-0.3, -0.25) is 0 Å². The fraction of sp³-hybridized carbons (Fsp3) is 0.333. The fourth-order valence-electron chi connectivity index (χ4n) is 2.14. The Labute approximate surface area is 79.3 Å². The second kappa shape index (κ2) is 3.35. The summed E-state index contributed by atoms with van der Waals surface area (Å²) in [6.45, 7) is 3.82. The molecular formula is C12H15N. The van der Waals surface area contributed by atoms with Gasteiger partial charge in [-0.1, -0.05) is 30.9 Å². The molecule has 1 aliphatic rings. The molecule has 13 heavy (non-hydrogen) atoms. The van der Waals surface area contributed by atoms with Gasteiger partial charge >= 0.3 is 0 Å². The minimum atomic E-state index is 0.220. The molecule has 2 rings (SSSR count). The third-order valence-electron chi connectivity index (χ3n) is 2.78. The minimum absolute atomic E-state index is 0.220. The quantitative estimate of drug-likeness (QED) is 0.694. The van der Waals surface area contributed by atoms with Gasteiger partial charge in [-0.2, -0.15) is 0 Å². The van der Waals surface area contributed by atoms with E-state index in [1.807, 2.05) is 6.08 Å². The van der Waals surface area contributed by atoms with Crippen molar-refractivity contribution in [2.75, 3.05) is 0 Å². The van der Waals surface area contributed by atoms with E-state index in [4.69, 9.17) is 5.73 Å². The third-order valence-corrected chi connectivity index (χ3v) is 2.78. The van der Waals surface area contributed by atoms with Crippen molar-refractivity contribution in [1.29, 1.82) is 0 Å². The third kappa shape index (κ3) is 1.40. The average Bonchev–Trinajstić information content (AvgIpc) is 2.17.